The van der Waals surface area contributed by atoms with Gasteiger partial charge in [0.05, 0.1) is 0 Å². The van der Waals surface area contributed by atoms with Gasteiger partial charge in [0.15, 0.2) is 0 Å². The maximum Gasteiger partial charge on any atom is -0.0322 e. The summed E-state index contributed by atoms with van der Waals surface area (Å²) in [5, 5.41) is 0. The van der Waals surface area contributed by atoms with Crippen LogP contribution >= 0.6 is 0 Å². The highest BCUT2D eigenvalue weighted by Crippen LogP contribution is 2.35. The molecule has 24 heavy (non-hydrogen) atoms. The third kappa shape index (κ3) is 7.58. The smallest absolute Gasteiger partial charge is 0.0322 e. The Morgan fingerprint density at radius 2 is 1.08 bits per heavy atom. The second kappa shape index (κ2) is 11.9. The Morgan fingerprint density at radius 1 is 0.625 bits per heavy atom. The normalized spacial score (nSPS) is 31.9. The minimum Gasteiger partial charge on any atom is -0.0917 e. The maximum absolute atomic E-state index is 2.53. The third-order valence-corrected chi connectivity index (χ3v) is 6.71. The first kappa shape index (κ1) is 19.8. The summed E-state index contributed by atoms with van der Waals surface area (Å²) in [7, 11) is 0. The lowest BCUT2D eigenvalue weighted by Gasteiger charge is -2.28. The van der Waals surface area contributed by atoms with Gasteiger partial charge >= 0.3 is 0 Å². The van der Waals surface area contributed by atoms with Crippen molar-refractivity contribution in [3.05, 3.63) is 24.3 Å². The zero-order chi connectivity index (χ0) is 17.0. The summed E-state index contributed by atoms with van der Waals surface area (Å²) < 4.78 is 0. The fourth-order valence-electron chi connectivity index (χ4n) is 5.00. The van der Waals surface area contributed by atoms with E-state index in [9.17, 15) is 0 Å². The van der Waals surface area contributed by atoms with E-state index in [0.717, 1.165) is 23.7 Å². The molecule has 0 aliphatic heterocycles. The van der Waals surface area contributed by atoms with Crippen molar-refractivity contribution < 1.29 is 0 Å². The second-order valence-corrected chi connectivity index (χ2v) is 8.65. The van der Waals surface area contributed by atoms with Gasteiger partial charge in [-0.15, -0.1) is 0 Å². The molecule has 0 saturated heterocycles. The van der Waals surface area contributed by atoms with E-state index in [4.69, 9.17) is 0 Å². The Labute approximate surface area is 152 Å². The van der Waals surface area contributed by atoms with Crippen molar-refractivity contribution in [1.29, 1.82) is 0 Å². The largest absolute Gasteiger partial charge is 0.0917 e. The van der Waals surface area contributed by atoms with E-state index in [2.05, 4.69) is 38.2 Å². The Kier molecular flexibility index (Phi) is 9.85. The van der Waals surface area contributed by atoms with Gasteiger partial charge in [0.25, 0.3) is 0 Å². The molecule has 0 unspecified atom stereocenters. The highest BCUT2D eigenvalue weighted by Gasteiger charge is 2.21. The van der Waals surface area contributed by atoms with Crippen LogP contribution in [0.4, 0.5) is 0 Å². The van der Waals surface area contributed by atoms with Gasteiger partial charge < -0.3 is 0 Å². The van der Waals surface area contributed by atoms with E-state index in [1.54, 1.807) is 0 Å². The number of hydrogen-bond donors (Lipinski definition) is 0. The molecule has 138 valence electrons. The molecule has 0 aromatic rings. The molecule has 2 aliphatic rings. The Balaban J connectivity index is 1.52. The van der Waals surface area contributed by atoms with Crippen molar-refractivity contribution in [1.82, 2.24) is 0 Å². The summed E-state index contributed by atoms with van der Waals surface area (Å²) in [5.41, 5.74) is 0. The molecule has 0 spiro atoms. The molecular formula is C24H42. The lowest BCUT2D eigenvalue weighted by molar-refractivity contribution is 0.261. The number of hydrogen-bond acceptors (Lipinski definition) is 0. The van der Waals surface area contributed by atoms with Crippen molar-refractivity contribution in [3.63, 3.8) is 0 Å². The molecule has 0 atom stereocenters. The van der Waals surface area contributed by atoms with Gasteiger partial charge in [-0.3, -0.25) is 0 Å². The van der Waals surface area contributed by atoms with Gasteiger partial charge in [-0.25, -0.2) is 0 Å². The lowest BCUT2D eigenvalue weighted by atomic mass is 9.78. The maximum atomic E-state index is 2.53. The first-order valence-electron chi connectivity index (χ1n) is 11.1. The minimum absolute atomic E-state index is 0.986. The Bertz CT molecular complexity index is 348. The predicted octanol–water partition coefficient (Wildman–Crippen LogP) is 8.09. The molecule has 2 rings (SSSR count). The standard InChI is InChI=1S/C24H42/c1-3-5-6-10-22-17-19-24(20-18-22)12-8-7-11-23-15-13-21(9-4-2)14-16-23/h3,5,7-8,21-24H,4,6,9-20H2,1-2H3/t21-,22-,23-,24-. The fourth-order valence-corrected chi connectivity index (χ4v) is 5.00. The van der Waals surface area contributed by atoms with Gasteiger partial charge in [0.1, 0.15) is 0 Å². The van der Waals surface area contributed by atoms with E-state index < -0.39 is 0 Å². The number of allylic oxidation sites excluding steroid dienone is 4. The number of rotatable bonds is 9. The minimum atomic E-state index is 0.986. The topological polar surface area (TPSA) is 0 Å². The van der Waals surface area contributed by atoms with Crippen LogP contribution in [0.3, 0.4) is 0 Å². The summed E-state index contributed by atoms with van der Waals surface area (Å²) in [6, 6.07) is 0. The quantitative estimate of drug-likeness (QED) is 0.375. The van der Waals surface area contributed by atoms with Crippen molar-refractivity contribution in [2.75, 3.05) is 0 Å². The summed E-state index contributed by atoms with van der Waals surface area (Å²) >= 11 is 0. The molecule has 2 aliphatic carbocycles. The van der Waals surface area contributed by atoms with E-state index in [-0.39, 0.29) is 0 Å². The van der Waals surface area contributed by atoms with Gasteiger partial charge in [-0.2, -0.15) is 0 Å². The van der Waals surface area contributed by atoms with Crippen molar-refractivity contribution >= 4 is 0 Å². The van der Waals surface area contributed by atoms with Gasteiger partial charge in [-0.05, 0) is 82.0 Å². The van der Waals surface area contributed by atoms with E-state index in [0.29, 0.717) is 0 Å². The fraction of sp³-hybridized carbons (Fsp3) is 0.833. The third-order valence-electron chi connectivity index (χ3n) is 6.71. The molecule has 2 fully saturated rings. The molecule has 0 radical (unpaired) electrons. The van der Waals surface area contributed by atoms with Crippen molar-refractivity contribution in [3.8, 4) is 0 Å². The average molecular weight is 331 g/mol. The molecule has 0 heteroatoms. The SMILES string of the molecule is CC=CCC[C@H]1CC[C@H](CC=CC[C@H]2CC[C@H](CCC)CC2)CC1. The Morgan fingerprint density at radius 3 is 1.54 bits per heavy atom. The van der Waals surface area contributed by atoms with Crippen LogP contribution in [0.1, 0.15) is 104 Å². The molecule has 0 nitrogen and oxygen atoms in total. The van der Waals surface area contributed by atoms with Crippen LogP contribution in [0, 0.1) is 23.7 Å². The molecule has 0 amide bonds. The molecule has 0 aromatic heterocycles. The van der Waals surface area contributed by atoms with Crippen LogP contribution < -0.4 is 0 Å². The van der Waals surface area contributed by atoms with Crippen LogP contribution in [-0.2, 0) is 0 Å². The molecule has 0 aromatic carbocycles. The van der Waals surface area contributed by atoms with Crippen LogP contribution in [-0.4, -0.2) is 0 Å². The monoisotopic (exact) mass is 330 g/mol. The Hall–Kier alpha value is -0.520. The highest BCUT2D eigenvalue weighted by atomic mass is 14.3. The molecule has 0 N–H and O–H groups in total. The van der Waals surface area contributed by atoms with Gasteiger partial charge in [-0.1, -0.05) is 69.8 Å². The van der Waals surface area contributed by atoms with Crippen molar-refractivity contribution in [2.45, 2.75) is 104 Å². The van der Waals surface area contributed by atoms with Crippen LogP contribution in [0.5, 0.6) is 0 Å². The zero-order valence-electron chi connectivity index (χ0n) is 16.5. The lowest BCUT2D eigenvalue weighted by Crippen LogP contribution is -2.14. The first-order valence-corrected chi connectivity index (χ1v) is 11.1. The first-order chi connectivity index (χ1) is 11.8. The average Bonchev–Trinajstić information content (AvgIpc) is 2.62. The molecule has 2 saturated carbocycles. The van der Waals surface area contributed by atoms with Crippen LogP contribution in [0.15, 0.2) is 24.3 Å². The van der Waals surface area contributed by atoms with E-state index in [1.165, 1.54) is 89.9 Å². The summed E-state index contributed by atoms with van der Waals surface area (Å²) in [6.45, 7) is 4.48. The molecule has 0 heterocycles. The summed E-state index contributed by atoms with van der Waals surface area (Å²) in [4.78, 5) is 0. The zero-order valence-corrected chi connectivity index (χ0v) is 16.5. The summed E-state index contributed by atoms with van der Waals surface area (Å²) in [5.74, 6) is 4.05. The highest BCUT2D eigenvalue weighted by molar-refractivity contribution is 4.89. The van der Waals surface area contributed by atoms with Crippen molar-refractivity contribution in [2.24, 2.45) is 23.7 Å². The molecular weight excluding hydrogens is 288 g/mol. The van der Waals surface area contributed by atoms with Gasteiger partial charge in [0, 0.05) is 0 Å². The van der Waals surface area contributed by atoms with E-state index in [1.807, 2.05) is 0 Å². The van der Waals surface area contributed by atoms with Crippen LogP contribution in [0.25, 0.3) is 0 Å². The summed E-state index contributed by atoms with van der Waals surface area (Å²) in [6.07, 6.45) is 29.8. The predicted molar refractivity (Wildman–Crippen MR) is 108 cm³/mol. The second-order valence-electron chi connectivity index (χ2n) is 8.65. The van der Waals surface area contributed by atoms with Crippen LogP contribution in [0.2, 0.25) is 0 Å². The molecule has 0 bridgehead atoms. The van der Waals surface area contributed by atoms with E-state index >= 15 is 0 Å². The van der Waals surface area contributed by atoms with Gasteiger partial charge in [0.2, 0.25) is 0 Å².